The van der Waals surface area contributed by atoms with Crippen LogP contribution in [-0.2, 0) is 81.1 Å². The number of amides is 8. The molecule has 1 aromatic heterocycles. The lowest BCUT2D eigenvalue weighted by molar-refractivity contribution is -0.137. The molecule has 0 saturated heterocycles. The summed E-state index contributed by atoms with van der Waals surface area (Å²) in [6.07, 6.45) is 4.18. The molecule has 6 heterocycles. The molecule has 6 aromatic rings. The van der Waals surface area contributed by atoms with Gasteiger partial charge in [-0.2, -0.15) is 0 Å². The molecule has 94 heavy (non-hydrogen) atoms. The van der Waals surface area contributed by atoms with Gasteiger partial charge in [0, 0.05) is 62.2 Å². The number of unbranched alkanes of at least 4 members (excludes halogenated alkanes) is 2. The molecule has 0 spiro atoms. The molecule has 0 fully saturated rings. The van der Waals surface area contributed by atoms with Crippen molar-refractivity contribution in [2.75, 3.05) is 31.0 Å². The summed E-state index contributed by atoms with van der Waals surface area (Å²) in [4.78, 5) is 122. The van der Waals surface area contributed by atoms with Crippen LogP contribution in [0.2, 0.25) is 0 Å². The Morgan fingerprint density at radius 3 is 1.89 bits per heavy atom. The number of carbonyl (C=O) groups excluding carboxylic acids is 8. The zero-order valence-electron chi connectivity index (χ0n) is 52.7. The summed E-state index contributed by atoms with van der Waals surface area (Å²) in [7, 11) is 2.88. The lowest BCUT2D eigenvalue weighted by atomic mass is 9.93. The fourth-order valence-electron chi connectivity index (χ4n) is 12.2. The molecule has 24 heteroatoms. The Bertz CT molecular complexity index is 3980. The van der Waals surface area contributed by atoms with Crippen molar-refractivity contribution in [1.82, 2.24) is 30.3 Å². The van der Waals surface area contributed by atoms with Crippen molar-refractivity contribution in [3.63, 3.8) is 0 Å². The highest BCUT2D eigenvalue weighted by Crippen LogP contribution is 2.43. The Balaban J connectivity index is 0.748. The van der Waals surface area contributed by atoms with Crippen LogP contribution in [-0.4, -0.2) is 135 Å². The smallest absolute Gasteiger partial charge is 0.416 e. The van der Waals surface area contributed by atoms with E-state index in [0.717, 1.165) is 26.5 Å². The SMILES string of the molecule is COc1cc2c(cc1OCc1cc(CO)cc(COc3cc4c(cc3OC)C(=O)N3Cc5ccccc5C[C@H]3C(O)N4C(=O)OCc3ccc(NC(=O)[C@H](C)NC(=O)[C@@H](NC(=O)CCCCCN4C(=O)C=CC4=O)C(C)C)cc3)n1)N=C[C@@H]1Cc3ccccc3CN1C2=O. The van der Waals surface area contributed by atoms with Gasteiger partial charge in [0.25, 0.3) is 23.6 Å². The minimum Gasteiger partial charge on any atom is -0.493 e. The third-order valence-electron chi connectivity index (χ3n) is 17.3. The molecule has 0 aliphatic carbocycles. The molecule has 8 amide bonds. The van der Waals surface area contributed by atoms with E-state index in [1.54, 1.807) is 68.6 Å². The van der Waals surface area contributed by atoms with Crippen LogP contribution in [0.3, 0.4) is 0 Å². The average molecular weight is 1280 g/mol. The fourth-order valence-corrected chi connectivity index (χ4v) is 12.2. The number of rotatable bonds is 23. The standard InChI is InChI=1S/C70H73N9O15/c1-40(2)64(75-61(81)17-7-6-12-24-76-62(82)22-23-63(76)83)66(85)72-41(3)65(84)74-48-20-18-42(19-21-48)37-94-70(89)79-55-32-60(58(91-5)30-53(55)68(87)78-35-47-16-11-9-14-45(47)28-56(78)69(79)88)93-39-50-26-43(36-80)25-49(73-50)38-92-59-31-54-52(29-57(59)90-4)67(86)77-34-46-15-10-8-13-44(46)27-51(77)33-71-54/h8-11,13-16,18-23,25-26,29-33,40-41,51,56,64,69,80,88H,6-7,12,17,24,27-28,34-39H2,1-5H3,(H,72,85)(H,74,84)(H,75,81)/t41-,51-,56-,64-,69?/m0/s1. The van der Waals surface area contributed by atoms with Crippen LogP contribution in [0.1, 0.15) is 112 Å². The number of pyridine rings is 1. The van der Waals surface area contributed by atoms with Crippen LogP contribution in [0.15, 0.2) is 126 Å². The molecule has 5 aromatic carbocycles. The molecule has 0 saturated carbocycles. The molecule has 0 radical (unpaired) electrons. The van der Waals surface area contributed by atoms with Gasteiger partial charge in [-0.25, -0.2) is 9.69 Å². The van der Waals surface area contributed by atoms with E-state index in [9.17, 15) is 48.6 Å². The molecule has 5 aliphatic heterocycles. The predicted octanol–water partition coefficient (Wildman–Crippen LogP) is 7.14. The van der Waals surface area contributed by atoms with Crippen LogP contribution in [0, 0.1) is 5.92 Å². The molecular formula is C70H73N9O15. The number of anilines is 2. The molecule has 5 aliphatic rings. The van der Waals surface area contributed by atoms with Crippen LogP contribution in [0.4, 0.5) is 21.9 Å². The van der Waals surface area contributed by atoms with E-state index in [0.29, 0.717) is 83.2 Å². The zero-order valence-corrected chi connectivity index (χ0v) is 52.7. The first-order valence-electron chi connectivity index (χ1n) is 31.1. The van der Waals surface area contributed by atoms with E-state index >= 15 is 0 Å². The lowest BCUT2D eigenvalue weighted by Crippen LogP contribution is -2.55. The first kappa shape index (κ1) is 65.0. The van der Waals surface area contributed by atoms with Crippen LogP contribution < -0.4 is 39.8 Å². The molecule has 0 bridgehead atoms. The molecule has 11 rings (SSSR count). The number of fused-ring (bicyclic) bond motifs is 6. The predicted molar refractivity (Wildman–Crippen MR) is 343 cm³/mol. The first-order valence-corrected chi connectivity index (χ1v) is 31.1. The largest absolute Gasteiger partial charge is 0.493 e. The summed E-state index contributed by atoms with van der Waals surface area (Å²) in [5.41, 5.74) is 6.95. The van der Waals surface area contributed by atoms with Crippen molar-refractivity contribution in [3.8, 4) is 23.0 Å². The van der Waals surface area contributed by atoms with E-state index in [2.05, 4.69) is 22.0 Å². The Hall–Kier alpha value is -10.5. The highest BCUT2D eigenvalue weighted by molar-refractivity contribution is 6.13. The highest BCUT2D eigenvalue weighted by Gasteiger charge is 2.46. The van der Waals surface area contributed by atoms with Gasteiger partial charge in [-0.15, -0.1) is 0 Å². The average Bonchev–Trinajstić information content (AvgIpc) is 2.12. The number of nitrogens with zero attached hydrogens (tertiary/aromatic N) is 6. The summed E-state index contributed by atoms with van der Waals surface area (Å²) in [6, 6.07) is 28.4. The third kappa shape index (κ3) is 14.3. The van der Waals surface area contributed by atoms with Crippen LogP contribution in [0.25, 0.3) is 0 Å². The van der Waals surface area contributed by atoms with Crippen molar-refractivity contribution >= 4 is 70.7 Å². The van der Waals surface area contributed by atoms with Gasteiger partial charge in [0.2, 0.25) is 17.7 Å². The van der Waals surface area contributed by atoms with Crippen molar-refractivity contribution < 1.29 is 72.3 Å². The number of methoxy groups -OCH3 is 2. The number of carbonyl (C=O) groups is 8. The first-order chi connectivity index (χ1) is 45.4. The number of imide groups is 1. The van der Waals surface area contributed by atoms with Gasteiger partial charge in [-0.3, -0.25) is 48.4 Å². The van der Waals surface area contributed by atoms with E-state index in [1.165, 1.54) is 55.9 Å². The Labute approximate surface area is 542 Å². The van der Waals surface area contributed by atoms with E-state index in [1.807, 2.05) is 47.4 Å². The second-order valence-electron chi connectivity index (χ2n) is 24.0. The van der Waals surface area contributed by atoms with Gasteiger partial charge >= 0.3 is 6.09 Å². The van der Waals surface area contributed by atoms with Crippen molar-refractivity contribution in [2.45, 2.75) is 129 Å². The minimum absolute atomic E-state index is 0.0242. The Morgan fingerprint density at radius 2 is 1.26 bits per heavy atom. The summed E-state index contributed by atoms with van der Waals surface area (Å²) < 4.78 is 30.2. The minimum atomic E-state index is -1.63. The number of aliphatic hydroxyl groups is 2. The molecule has 488 valence electrons. The normalized spacial score (nSPS) is 17.5. The van der Waals surface area contributed by atoms with Gasteiger partial charge in [-0.05, 0) is 108 Å². The van der Waals surface area contributed by atoms with E-state index in [4.69, 9.17) is 33.7 Å². The number of hydrogen-bond acceptors (Lipinski definition) is 17. The summed E-state index contributed by atoms with van der Waals surface area (Å²) in [6.45, 7) is 4.93. The summed E-state index contributed by atoms with van der Waals surface area (Å²) >= 11 is 0. The summed E-state index contributed by atoms with van der Waals surface area (Å²) in [5.74, 6) is -2.32. The fraction of sp³-hybridized carbons (Fsp3) is 0.343. The maximum absolute atomic E-state index is 14.8. The van der Waals surface area contributed by atoms with Gasteiger partial charge < -0.3 is 59.6 Å². The van der Waals surface area contributed by atoms with Crippen molar-refractivity contribution in [3.05, 3.63) is 177 Å². The topological polar surface area (TPSA) is 297 Å². The van der Waals surface area contributed by atoms with Crippen LogP contribution >= 0.6 is 0 Å². The molecule has 5 atom stereocenters. The number of aliphatic imine (C=N–C) groups is 1. The Morgan fingerprint density at radius 1 is 0.649 bits per heavy atom. The maximum atomic E-state index is 14.8. The van der Waals surface area contributed by atoms with Gasteiger partial charge in [-0.1, -0.05) is 80.9 Å². The zero-order chi connectivity index (χ0) is 66.3. The summed E-state index contributed by atoms with van der Waals surface area (Å²) in [5, 5.41) is 31.1. The Kier molecular flexibility index (Phi) is 19.8. The lowest BCUT2D eigenvalue weighted by Gasteiger charge is -2.39. The number of hydrogen-bond donors (Lipinski definition) is 5. The number of nitrogens with one attached hydrogen (secondary N) is 3. The monoisotopic (exact) mass is 1280 g/mol. The maximum Gasteiger partial charge on any atom is 0.416 e. The van der Waals surface area contributed by atoms with Gasteiger partial charge in [0.1, 0.15) is 31.9 Å². The molecule has 24 nitrogen and oxygen atoms in total. The second-order valence-corrected chi connectivity index (χ2v) is 24.0. The number of aromatic nitrogens is 1. The molecule has 1 unspecified atom stereocenters. The quantitative estimate of drug-likeness (QED) is 0.0314. The third-order valence-corrected chi connectivity index (χ3v) is 17.3. The van der Waals surface area contributed by atoms with Gasteiger partial charge in [0.05, 0.1) is 66.8 Å². The number of benzene rings is 5. The van der Waals surface area contributed by atoms with E-state index < -0.39 is 48.2 Å². The highest BCUT2D eigenvalue weighted by atomic mass is 16.6. The van der Waals surface area contributed by atoms with Crippen molar-refractivity contribution in [1.29, 1.82) is 0 Å². The van der Waals surface area contributed by atoms with Crippen LogP contribution in [0.5, 0.6) is 23.0 Å². The number of aliphatic hydroxyl groups excluding tert-OH is 2. The molecular weight excluding hydrogens is 1210 g/mol. The molecule has 5 N–H and O–H groups in total. The number of ether oxygens (including phenoxy) is 5. The van der Waals surface area contributed by atoms with Gasteiger partial charge in [0.15, 0.2) is 29.2 Å². The van der Waals surface area contributed by atoms with Crippen molar-refractivity contribution in [2.24, 2.45) is 10.9 Å². The second kappa shape index (κ2) is 28.6. The van der Waals surface area contributed by atoms with E-state index in [-0.39, 0.29) is 111 Å².